The van der Waals surface area contributed by atoms with Crippen LogP contribution < -0.4 is 0 Å². The third-order valence-corrected chi connectivity index (χ3v) is 6.03. The summed E-state index contributed by atoms with van der Waals surface area (Å²) < 4.78 is 22.7. The Morgan fingerprint density at radius 3 is 2.17 bits per heavy atom. The van der Waals surface area contributed by atoms with E-state index in [0.717, 1.165) is 6.26 Å². The largest absolute Gasteiger partial charge is 0.375 e. The summed E-state index contributed by atoms with van der Waals surface area (Å²) in [6.45, 7) is 1.43. The molecule has 1 aromatic heterocycles. The van der Waals surface area contributed by atoms with Crippen LogP contribution in [0.2, 0.25) is 0 Å². The van der Waals surface area contributed by atoms with E-state index in [1.165, 1.54) is 19.1 Å². The van der Waals surface area contributed by atoms with E-state index in [1.807, 2.05) is 0 Å². The highest BCUT2D eigenvalue weighted by molar-refractivity contribution is 7.92. The van der Waals surface area contributed by atoms with Crippen molar-refractivity contribution in [2.75, 3.05) is 6.26 Å². The molecule has 24 heavy (non-hydrogen) atoms. The van der Waals surface area contributed by atoms with Gasteiger partial charge in [0.25, 0.3) is 11.8 Å². The number of imide groups is 1. The first-order valence-electron chi connectivity index (χ1n) is 6.57. The highest BCUT2D eigenvalue weighted by Crippen LogP contribution is 2.26. The Labute approximate surface area is 140 Å². The minimum atomic E-state index is -3.58. The minimum absolute atomic E-state index is 0.0908. The van der Waals surface area contributed by atoms with Gasteiger partial charge >= 0.3 is 5.97 Å². The molecular weight excluding hydrogens is 356 g/mol. The molecule has 124 valence electrons. The number of thiazole rings is 1. The van der Waals surface area contributed by atoms with Crippen molar-refractivity contribution in [1.29, 1.82) is 0 Å². The van der Waals surface area contributed by atoms with Gasteiger partial charge in [-0.15, -0.1) is 0 Å². The summed E-state index contributed by atoms with van der Waals surface area (Å²) in [5, 5.41) is 0.367. The fourth-order valence-corrected chi connectivity index (χ4v) is 3.92. The Balaban J connectivity index is 1.88. The number of nitrogens with zero attached hydrogens (tertiary/aromatic N) is 2. The Morgan fingerprint density at radius 2 is 1.71 bits per heavy atom. The van der Waals surface area contributed by atoms with Crippen molar-refractivity contribution in [3.05, 3.63) is 46.0 Å². The summed E-state index contributed by atoms with van der Waals surface area (Å²) in [7, 11) is -3.58. The lowest BCUT2D eigenvalue weighted by Crippen LogP contribution is -2.32. The minimum Gasteiger partial charge on any atom is -0.323 e. The Hall–Kier alpha value is -2.59. The third-order valence-electron chi connectivity index (χ3n) is 3.21. The summed E-state index contributed by atoms with van der Waals surface area (Å²) in [4.78, 5) is 45.1. The summed E-state index contributed by atoms with van der Waals surface area (Å²) >= 11 is 0.621. The van der Waals surface area contributed by atoms with Crippen LogP contribution in [0.25, 0.3) is 0 Å². The van der Waals surface area contributed by atoms with Crippen LogP contribution in [0.4, 0.5) is 0 Å². The number of sulfone groups is 1. The molecule has 1 aliphatic heterocycles. The van der Waals surface area contributed by atoms with Crippen molar-refractivity contribution in [2.24, 2.45) is 0 Å². The smallest absolute Gasteiger partial charge is 0.323 e. The monoisotopic (exact) mass is 366 g/mol. The van der Waals surface area contributed by atoms with Gasteiger partial charge in [0.2, 0.25) is 14.2 Å². The SMILES string of the molecule is Cc1nc(S(C)(=O)=O)sc1C(=O)ON1C(=O)c2ccccc2C1=O. The van der Waals surface area contributed by atoms with Gasteiger partial charge in [0.1, 0.15) is 4.88 Å². The number of amides is 2. The molecule has 0 bridgehead atoms. The normalized spacial score (nSPS) is 14.0. The van der Waals surface area contributed by atoms with Gasteiger partial charge in [-0.25, -0.2) is 18.2 Å². The molecule has 2 amide bonds. The van der Waals surface area contributed by atoms with Crippen molar-refractivity contribution in [3.63, 3.8) is 0 Å². The van der Waals surface area contributed by atoms with Crippen molar-refractivity contribution in [1.82, 2.24) is 10.0 Å². The molecule has 0 fully saturated rings. The zero-order chi connectivity index (χ0) is 17.6. The van der Waals surface area contributed by atoms with Gasteiger partial charge in [-0.05, 0) is 19.1 Å². The molecule has 1 aliphatic rings. The summed E-state index contributed by atoms with van der Waals surface area (Å²) in [6, 6.07) is 6.06. The van der Waals surface area contributed by atoms with E-state index in [9.17, 15) is 22.8 Å². The summed E-state index contributed by atoms with van der Waals surface area (Å²) in [5.41, 5.74) is 0.406. The Kier molecular flexibility index (Phi) is 3.73. The first-order chi connectivity index (χ1) is 11.2. The standard InChI is InChI=1S/C14H10N2O6S2/c1-7-10(23-14(15-7)24(2,20)21)13(19)22-16-11(17)8-5-3-4-6-9(8)12(16)18/h3-6H,1-2H3. The molecule has 10 heteroatoms. The van der Waals surface area contributed by atoms with Crippen LogP contribution in [0.1, 0.15) is 36.1 Å². The molecule has 2 aromatic rings. The molecule has 2 heterocycles. The maximum absolute atomic E-state index is 12.2. The lowest BCUT2D eigenvalue weighted by atomic mass is 10.1. The van der Waals surface area contributed by atoms with Gasteiger partial charge in [0.15, 0.2) is 0 Å². The molecule has 0 atom stereocenters. The highest BCUT2D eigenvalue weighted by atomic mass is 32.2. The second-order valence-corrected chi connectivity index (χ2v) is 8.18. The van der Waals surface area contributed by atoms with E-state index < -0.39 is 27.6 Å². The number of aromatic nitrogens is 1. The third kappa shape index (κ3) is 2.59. The van der Waals surface area contributed by atoms with E-state index in [2.05, 4.69) is 4.98 Å². The summed E-state index contributed by atoms with van der Waals surface area (Å²) in [5.74, 6) is -2.53. The maximum Gasteiger partial charge on any atom is 0.375 e. The predicted octanol–water partition coefficient (Wildman–Crippen LogP) is 1.22. The number of hydrogen-bond donors (Lipinski definition) is 0. The lowest BCUT2D eigenvalue weighted by Gasteiger charge is -2.11. The van der Waals surface area contributed by atoms with Crippen molar-refractivity contribution >= 4 is 39.0 Å². The van der Waals surface area contributed by atoms with Crippen LogP contribution in [-0.2, 0) is 14.7 Å². The van der Waals surface area contributed by atoms with Gasteiger partial charge in [-0.1, -0.05) is 28.5 Å². The molecule has 0 spiro atoms. The number of hydroxylamine groups is 2. The topological polar surface area (TPSA) is 111 Å². The maximum atomic E-state index is 12.2. The fourth-order valence-electron chi connectivity index (χ4n) is 2.09. The van der Waals surface area contributed by atoms with E-state index >= 15 is 0 Å². The lowest BCUT2D eigenvalue weighted by molar-refractivity contribution is -0.0581. The number of benzene rings is 1. The average Bonchev–Trinajstić information content (AvgIpc) is 3.02. The van der Waals surface area contributed by atoms with Crippen LogP contribution in [0.5, 0.6) is 0 Å². The van der Waals surface area contributed by atoms with Gasteiger partial charge in [-0.3, -0.25) is 9.59 Å². The number of carbonyl (C=O) groups excluding carboxylic acids is 3. The number of rotatable bonds is 3. The quantitative estimate of drug-likeness (QED) is 0.751. The number of fused-ring (bicyclic) bond motifs is 1. The van der Waals surface area contributed by atoms with Gasteiger partial charge in [-0.2, -0.15) is 0 Å². The molecule has 0 N–H and O–H groups in total. The van der Waals surface area contributed by atoms with Crippen LogP contribution in [0.3, 0.4) is 0 Å². The zero-order valence-electron chi connectivity index (χ0n) is 12.5. The number of aryl methyl sites for hydroxylation is 1. The highest BCUT2D eigenvalue weighted by Gasteiger charge is 2.39. The van der Waals surface area contributed by atoms with Crippen LogP contribution in [0.15, 0.2) is 28.6 Å². The van der Waals surface area contributed by atoms with E-state index in [-0.39, 0.29) is 26.0 Å². The van der Waals surface area contributed by atoms with Crippen LogP contribution >= 0.6 is 11.3 Å². The van der Waals surface area contributed by atoms with E-state index in [4.69, 9.17) is 4.84 Å². The first-order valence-corrected chi connectivity index (χ1v) is 9.28. The fraction of sp³-hybridized carbons (Fsp3) is 0.143. The molecule has 1 aromatic carbocycles. The number of hydrogen-bond acceptors (Lipinski definition) is 8. The average molecular weight is 366 g/mol. The van der Waals surface area contributed by atoms with Gasteiger partial charge < -0.3 is 4.84 Å². The predicted molar refractivity (Wildman–Crippen MR) is 82.3 cm³/mol. The van der Waals surface area contributed by atoms with Gasteiger partial charge in [0, 0.05) is 6.26 Å². The van der Waals surface area contributed by atoms with E-state index in [1.54, 1.807) is 12.1 Å². The molecule has 0 saturated heterocycles. The molecule has 0 aliphatic carbocycles. The van der Waals surface area contributed by atoms with Crippen molar-refractivity contribution in [3.8, 4) is 0 Å². The van der Waals surface area contributed by atoms with Gasteiger partial charge in [0.05, 0.1) is 16.8 Å². The second-order valence-electron chi connectivity index (χ2n) is 5.00. The Bertz CT molecular complexity index is 957. The second kappa shape index (κ2) is 5.49. The Morgan fingerprint density at radius 1 is 1.17 bits per heavy atom. The molecule has 0 saturated carbocycles. The van der Waals surface area contributed by atoms with Crippen LogP contribution in [0, 0.1) is 6.92 Å². The molecule has 0 unspecified atom stereocenters. The molecular formula is C14H10N2O6S2. The first kappa shape index (κ1) is 16.3. The molecule has 3 rings (SSSR count). The summed E-state index contributed by atoms with van der Waals surface area (Å²) in [6.07, 6.45) is 0.963. The molecule has 8 nitrogen and oxygen atoms in total. The number of carbonyl (C=O) groups is 3. The van der Waals surface area contributed by atoms with Crippen molar-refractivity contribution < 1.29 is 27.6 Å². The zero-order valence-corrected chi connectivity index (χ0v) is 14.1. The molecule has 0 radical (unpaired) electrons. The van der Waals surface area contributed by atoms with Crippen LogP contribution in [-0.4, -0.2) is 42.5 Å². The van der Waals surface area contributed by atoms with Crippen molar-refractivity contribution in [2.45, 2.75) is 11.3 Å². The van der Waals surface area contributed by atoms with E-state index in [0.29, 0.717) is 16.4 Å².